The van der Waals surface area contributed by atoms with E-state index >= 15 is 0 Å². The Balaban J connectivity index is 1.29. The number of rotatable bonds is 7. The van der Waals surface area contributed by atoms with Crippen LogP contribution in [0.4, 0.5) is 0 Å². The number of fused-ring (bicyclic) bond motifs is 1. The van der Waals surface area contributed by atoms with Gasteiger partial charge in [0.05, 0.1) is 6.61 Å². The molecule has 0 radical (unpaired) electrons. The van der Waals surface area contributed by atoms with Crippen LogP contribution in [0.15, 0.2) is 23.2 Å². The second-order valence-corrected chi connectivity index (χ2v) is 8.54. The minimum atomic E-state index is 0.137. The first kappa shape index (κ1) is 20.0. The summed E-state index contributed by atoms with van der Waals surface area (Å²) in [4.78, 5) is 17.2. The molecule has 1 aromatic carbocycles. The SMILES string of the molecule is CCNC(=NCCc1ccc2c(c1)CCO2)NC1CCCC(C(=O)NC2CC2)C1. The Morgan fingerprint density at radius 3 is 2.90 bits per heavy atom. The summed E-state index contributed by atoms with van der Waals surface area (Å²) in [5.41, 5.74) is 2.62. The maximum Gasteiger partial charge on any atom is 0.223 e. The molecule has 2 fully saturated rings. The summed E-state index contributed by atoms with van der Waals surface area (Å²) in [6, 6.07) is 7.24. The Bertz CT molecular complexity index is 744. The molecule has 2 aliphatic carbocycles. The lowest BCUT2D eigenvalue weighted by atomic mass is 9.85. The van der Waals surface area contributed by atoms with E-state index in [1.807, 2.05) is 0 Å². The third-order valence-corrected chi connectivity index (χ3v) is 6.08. The van der Waals surface area contributed by atoms with Crippen LogP contribution in [-0.2, 0) is 17.6 Å². The number of hydrogen-bond acceptors (Lipinski definition) is 3. The van der Waals surface area contributed by atoms with E-state index in [-0.39, 0.29) is 11.8 Å². The predicted molar refractivity (Wildman–Crippen MR) is 115 cm³/mol. The Morgan fingerprint density at radius 2 is 2.07 bits per heavy atom. The Morgan fingerprint density at radius 1 is 1.17 bits per heavy atom. The van der Waals surface area contributed by atoms with Gasteiger partial charge in [-0.15, -0.1) is 0 Å². The first-order valence-electron chi connectivity index (χ1n) is 11.3. The molecule has 3 N–H and O–H groups in total. The average Bonchev–Trinajstić information content (AvgIpc) is 3.41. The number of benzene rings is 1. The zero-order valence-corrected chi connectivity index (χ0v) is 17.5. The van der Waals surface area contributed by atoms with E-state index in [2.05, 4.69) is 41.1 Å². The van der Waals surface area contributed by atoms with Crippen molar-refractivity contribution in [1.29, 1.82) is 0 Å². The molecular weight excluding hydrogens is 364 g/mol. The van der Waals surface area contributed by atoms with Crippen LogP contribution in [0, 0.1) is 5.92 Å². The standard InChI is InChI=1S/C23H34N4O2/c1-2-24-23(25-12-10-16-6-9-21-17(14-16)11-13-29-21)27-20-5-3-4-18(15-20)22(28)26-19-7-8-19/h6,9,14,18-20H,2-5,7-8,10-13,15H2,1H3,(H,26,28)(H2,24,25,27). The van der Waals surface area contributed by atoms with Gasteiger partial charge in [-0.2, -0.15) is 0 Å². The van der Waals surface area contributed by atoms with E-state index in [1.54, 1.807) is 0 Å². The molecule has 2 saturated carbocycles. The number of ether oxygens (including phenoxy) is 1. The van der Waals surface area contributed by atoms with E-state index in [4.69, 9.17) is 9.73 Å². The molecule has 4 rings (SSSR count). The number of amides is 1. The van der Waals surface area contributed by atoms with Crippen LogP contribution < -0.4 is 20.7 Å². The normalized spacial score (nSPS) is 23.8. The summed E-state index contributed by atoms with van der Waals surface area (Å²) in [5.74, 6) is 2.29. The van der Waals surface area contributed by atoms with Crippen LogP contribution in [0.3, 0.4) is 0 Å². The summed E-state index contributed by atoms with van der Waals surface area (Å²) in [7, 11) is 0. The van der Waals surface area contributed by atoms with Gasteiger partial charge < -0.3 is 20.7 Å². The summed E-state index contributed by atoms with van der Waals surface area (Å²) in [6.07, 6.45) is 8.32. The van der Waals surface area contributed by atoms with Crippen molar-refractivity contribution in [3.8, 4) is 5.75 Å². The van der Waals surface area contributed by atoms with Gasteiger partial charge in [-0.3, -0.25) is 9.79 Å². The van der Waals surface area contributed by atoms with Crippen molar-refractivity contribution in [1.82, 2.24) is 16.0 Å². The molecule has 1 amide bonds. The number of guanidine groups is 1. The van der Waals surface area contributed by atoms with Crippen LogP contribution >= 0.6 is 0 Å². The molecule has 1 aromatic rings. The summed E-state index contributed by atoms with van der Waals surface area (Å²) >= 11 is 0. The zero-order valence-electron chi connectivity index (χ0n) is 17.5. The Kier molecular flexibility index (Phi) is 6.57. The van der Waals surface area contributed by atoms with Gasteiger partial charge in [0.25, 0.3) is 0 Å². The van der Waals surface area contributed by atoms with Crippen molar-refractivity contribution in [2.75, 3.05) is 19.7 Å². The molecule has 6 nitrogen and oxygen atoms in total. The third kappa shape index (κ3) is 5.64. The number of nitrogens with one attached hydrogen (secondary N) is 3. The van der Waals surface area contributed by atoms with Gasteiger partial charge >= 0.3 is 0 Å². The molecule has 0 spiro atoms. The van der Waals surface area contributed by atoms with Gasteiger partial charge in [-0.05, 0) is 62.6 Å². The highest BCUT2D eigenvalue weighted by atomic mass is 16.5. The maximum atomic E-state index is 12.4. The molecule has 29 heavy (non-hydrogen) atoms. The molecule has 0 aromatic heterocycles. The molecule has 3 aliphatic rings. The molecule has 0 saturated heterocycles. The number of nitrogens with zero attached hydrogens (tertiary/aromatic N) is 1. The third-order valence-electron chi connectivity index (χ3n) is 6.08. The van der Waals surface area contributed by atoms with Crippen LogP contribution in [0.5, 0.6) is 5.75 Å². The fraction of sp³-hybridized carbons (Fsp3) is 0.652. The van der Waals surface area contributed by atoms with Crippen molar-refractivity contribution in [2.45, 2.75) is 70.4 Å². The van der Waals surface area contributed by atoms with E-state index in [9.17, 15) is 4.79 Å². The summed E-state index contributed by atoms with van der Waals surface area (Å²) in [6.45, 7) is 4.46. The lowest BCUT2D eigenvalue weighted by molar-refractivity contribution is -0.126. The number of carbonyl (C=O) groups is 1. The smallest absolute Gasteiger partial charge is 0.223 e. The molecular formula is C23H34N4O2. The largest absolute Gasteiger partial charge is 0.493 e. The lowest BCUT2D eigenvalue weighted by Gasteiger charge is -2.30. The molecule has 1 aliphatic heterocycles. The summed E-state index contributed by atoms with van der Waals surface area (Å²) in [5, 5.41) is 10.1. The molecule has 2 unspecified atom stereocenters. The molecule has 2 atom stereocenters. The summed E-state index contributed by atoms with van der Waals surface area (Å²) < 4.78 is 5.59. The fourth-order valence-electron chi connectivity index (χ4n) is 4.31. The van der Waals surface area contributed by atoms with E-state index in [0.29, 0.717) is 12.1 Å². The molecule has 1 heterocycles. The second kappa shape index (κ2) is 9.51. The van der Waals surface area contributed by atoms with Gasteiger partial charge in [0.1, 0.15) is 5.75 Å². The van der Waals surface area contributed by atoms with Gasteiger partial charge in [0.15, 0.2) is 5.96 Å². The molecule has 6 heteroatoms. The van der Waals surface area contributed by atoms with E-state index < -0.39 is 0 Å². The van der Waals surface area contributed by atoms with Crippen LogP contribution in [-0.4, -0.2) is 43.6 Å². The van der Waals surface area contributed by atoms with Gasteiger partial charge in [0, 0.05) is 37.5 Å². The first-order chi connectivity index (χ1) is 14.2. The lowest BCUT2D eigenvalue weighted by Crippen LogP contribution is -2.47. The fourth-order valence-corrected chi connectivity index (χ4v) is 4.31. The number of hydrogen-bond donors (Lipinski definition) is 3. The van der Waals surface area contributed by atoms with Gasteiger partial charge in [-0.1, -0.05) is 18.6 Å². The van der Waals surface area contributed by atoms with Crippen LogP contribution in [0.2, 0.25) is 0 Å². The minimum Gasteiger partial charge on any atom is -0.493 e. The predicted octanol–water partition coefficient (Wildman–Crippen LogP) is 2.56. The zero-order chi connectivity index (χ0) is 20.1. The van der Waals surface area contributed by atoms with E-state index in [0.717, 1.165) is 82.8 Å². The number of aliphatic imine (C=N–C) groups is 1. The molecule has 158 valence electrons. The first-order valence-corrected chi connectivity index (χ1v) is 11.3. The van der Waals surface area contributed by atoms with Crippen molar-refractivity contribution in [2.24, 2.45) is 10.9 Å². The van der Waals surface area contributed by atoms with Gasteiger partial charge in [-0.25, -0.2) is 0 Å². The van der Waals surface area contributed by atoms with Gasteiger partial charge in [0.2, 0.25) is 5.91 Å². The topological polar surface area (TPSA) is 74.8 Å². The van der Waals surface area contributed by atoms with Crippen molar-refractivity contribution in [3.63, 3.8) is 0 Å². The van der Waals surface area contributed by atoms with Crippen molar-refractivity contribution >= 4 is 11.9 Å². The highest BCUT2D eigenvalue weighted by Gasteiger charge is 2.31. The molecule has 0 bridgehead atoms. The highest BCUT2D eigenvalue weighted by molar-refractivity contribution is 5.81. The second-order valence-electron chi connectivity index (χ2n) is 8.54. The van der Waals surface area contributed by atoms with Crippen LogP contribution in [0.1, 0.15) is 56.6 Å². The van der Waals surface area contributed by atoms with E-state index in [1.165, 1.54) is 11.1 Å². The Hall–Kier alpha value is -2.24. The van der Waals surface area contributed by atoms with Crippen LogP contribution in [0.25, 0.3) is 0 Å². The van der Waals surface area contributed by atoms with Crippen molar-refractivity contribution in [3.05, 3.63) is 29.3 Å². The highest BCUT2D eigenvalue weighted by Crippen LogP contribution is 2.27. The number of carbonyl (C=O) groups excluding carboxylic acids is 1. The monoisotopic (exact) mass is 398 g/mol. The quantitative estimate of drug-likeness (QED) is 0.487. The average molecular weight is 399 g/mol. The Labute approximate surface area is 173 Å². The minimum absolute atomic E-state index is 0.137. The van der Waals surface area contributed by atoms with Crippen molar-refractivity contribution < 1.29 is 9.53 Å². The maximum absolute atomic E-state index is 12.4.